The Balaban J connectivity index is 2.85. The number of hydrogen-bond acceptors (Lipinski definition) is 3. The van der Waals surface area contributed by atoms with E-state index in [1.54, 1.807) is 12.1 Å². The van der Waals surface area contributed by atoms with Crippen LogP contribution in [-0.4, -0.2) is 15.0 Å². The summed E-state index contributed by atoms with van der Waals surface area (Å²) in [5.74, 6) is 0.351. The molecule has 0 aliphatic carbocycles. The molecule has 96 valence electrons. The zero-order valence-electron chi connectivity index (χ0n) is 10.3. The number of sulfonamides is 1. The van der Waals surface area contributed by atoms with E-state index in [-0.39, 0.29) is 4.90 Å². The van der Waals surface area contributed by atoms with Gasteiger partial charge in [-0.2, -0.15) is 0 Å². The second-order valence-electron chi connectivity index (χ2n) is 4.05. The molecule has 0 atom stereocenters. The topological polar surface area (TPSA) is 69.4 Å². The Hall–Kier alpha value is -1.07. The van der Waals surface area contributed by atoms with E-state index in [4.69, 9.17) is 9.88 Å². The summed E-state index contributed by atoms with van der Waals surface area (Å²) in [6.45, 7) is 4.49. The minimum absolute atomic E-state index is 0.0552. The van der Waals surface area contributed by atoms with Crippen LogP contribution in [0.4, 0.5) is 0 Å². The van der Waals surface area contributed by atoms with Gasteiger partial charge in [-0.1, -0.05) is 25.8 Å². The molecule has 2 N–H and O–H groups in total. The lowest BCUT2D eigenvalue weighted by Gasteiger charge is -2.10. The first kappa shape index (κ1) is 14.0. The van der Waals surface area contributed by atoms with Crippen molar-refractivity contribution in [2.75, 3.05) is 6.61 Å². The Morgan fingerprint density at radius 2 is 2.00 bits per heavy atom. The summed E-state index contributed by atoms with van der Waals surface area (Å²) >= 11 is 0. The van der Waals surface area contributed by atoms with E-state index in [1.165, 1.54) is 6.07 Å². The van der Waals surface area contributed by atoms with Crippen LogP contribution in [-0.2, 0) is 10.0 Å². The van der Waals surface area contributed by atoms with Gasteiger partial charge in [0.1, 0.15) is 10.6 Å². The quantitative estimate of drug-likeness (QED) is 0.794. The summed E-state index contributed by atoms with van der Waals surface area (Å²) in [6.07, 6.45) is 3.07. The molecule has 0 saturated carbocycles. The minimum atomic E-state index is -3.72. The summed E-state index contributed by atoms with van der Waals surface area (Å²) in [6, 6.07) is 4.89. The van der Waals surface area contributed by atoms with E-state index in [2.05, 4.69) is 6.92 Å². The lowest BCUT2D eigenvalue weighted by atomic mass is 10.2. The fourth-order valence-electron chi connectivity index (χ4n) is 1.50. The van der Waals surface area contributed by atoms with Crippen molar-refractivity contribution in [3.63, 3.8) is 0 Å². The molecule has 1 aromatic carbocycles. The van der Waals surface area contributed by atoms with E-state index in [0.29, 0.717) is 12.4 Å². The van der Waals surface area contributed by atoms with Crippen LogP contribution in [0.2, 0.25) is 0 Å². The van der Waals surface area contributed by atoms with Gasteiger partial charge in [0.15, 0.2) is 0 Å². The first-order valence-corrected chi connectivity index (χ1v) is 7.26. The molecular formula is C12H19NO3S. The monoisotopic (exact) mass is 257 g/mol. The first-order valence-electron chi connectivity index (χ1n) is 5.71. The van der Waals surface area contributed by atoms with E-state index in [9.17, 15) is 8.42 Å². The highest BCUT2D eigenvalue weighted by atomic mass is 32.2. The Bertz CT molecular complexity index is 469. The van der Waals surface area contributed by atoms with Crippen LogP contribution in [0.15, 0.2) is 23.1 Å². The third kappa shape index (κ3) is 4.36. The largest absolute Gasteiger partial charge is 0.492 e. The Kier molecular flexibility index (Phi) is 4.96. The van der Waals surface area contributed by atoms with Crippen LogP contribution in [0.25, 0.3) is 0 Å². The maximum absolute atomic E-state index is 11.4. The van der Waals surface area contributed by atoms with Gasteiger partial charge in [0.2, 0.25) is 10.0 Å². The second kappa shape index (κ2) is 6.02. The van der Waals surface area contributed by atoms with Gasteiger partial charge in [-0.25, -0.2) is 13.6 Å². The number of hydrogen-bond donors (Lipinski definition) is 1. The maximum Gasteiger partial charge on any atom is 0.241 e. The fraction of sp³-hybridized carbons (Fsp3) is 0.500. The zero-order valence-corrected chi connectivity index (χ0v) is 11.1. The molecule has 0 radical (unpaired) electrons. The molecule has 4 nitrogen and oxygen atoms in total. The Morgan fingerprint density at radius 1 is 1.29 bits per heavy atom. The van der Waals surface area contributed by atoms with Gasteiger partial charge < -0.3 is 4.74 Å². The molecule has 0 aliphatic heterocycles. The number of rotatable bonds is 6. The van der Waals surface area contributed by atoms with Crippen molar-refractivity contribution in [2.45, 2.75) is 38.0 Å². The van der Waals surface area contributed by atoms with Crippen LogP contribution in [0.1, 0.15) is 31.7 Å². The molecule has 17 heavy (non-hydrogen) atoms. The van der Waals surface area contributed by atoms with Crippen molar-refractivity contribution in [3.8, 4) is 5.75 Å². The van der Waals surface area contributed by atoms with E-state index < -0.39 is 10.0 Å². The van der Waals surface area contributed by atoms with Crippen molar-refractivity contribution in [3.05, 3.63) is 23.8 Å². The van der Waals surface area contributed by atoms with Crippen LogP contribution in [0.3, 0.4) is 0 Å². The van der Waals surface area contributed by atoms with E-state index in [1.807, 2.05) is 6.92 Å². The average molecular weight is 257 g/mol. The summed E-state index contributed by atoms with van der Waals surface area (Å²) in [7, 11) is -3.72. The van der Waals surface area contributed by atoms with Crippen LogP contribution < -0.4 is 9.88 Å². The normalized spacial score (nSPS) is 11.5. The number of benzene rings is 1. The fourth-order valence-corrected chi connectivity index (χ4v) is 2.15. The van der Waals surface area contributed by atoms with E-state index in [0.717, 1.165) is 24.8 Å². The number of ether oxygens (including phenoxy) is 1. The molecule has 1 rings (SSSR count). The SMILES string of the molecule is CCCCCOc1cc(C)ccc1S(N)(=O)=O. The van der Waals surface area contributed by atoms with Crippen LogP contribution in [0.5, 0.6) is 5.75 Å². The van der Waals surface area contributed by atoms with Gasteiger partial charge in [-0.05, 0) is 31.0 Å². The number of primary sulfonamides is 1. The number of unbranched alkanes of at least 4 members (excludes halogenated alkanes) is 2. The standard InChI is InChI=1S/C12H19NO3S/c1-3-4-5-8-16-11-9-10(2)6-7-12(11)17(13,14)15/h6-7,9H,3-5,8H2,1-2H3,(H2,13,14,15). The predicted molar refractivity (Wildman–Crippen MR) is 67.6 cm³/mol. The second-order valence-corrected chi connectivity index (χ2v) is 5.58. The highest BCUT2D eigenvalue weighted by molar-refractivity contribution is 7.89. The molecule has 0 aliphatic rings. The zero-order chi connectivity index (χ0) is 12.9. The molecule has 0 amide bonds. The molecule has 0 spiro atoms. The van der Waals surface area contributed by atoms with Crippen molar-refractivity contribution in [2.24, 2.45) is 5.14 Å². The number of aryl methyl sites for hydroxylation is 1. The van der Waals surface area contributed by atoms with Crippen molar-refractivity contribution >= 4 is 10.0 Å². The highest BCUT2D eigenvalue weighted by Crippen LogP contribution is 2.24. The van der Waals surface area contributed by atoms with Crippen LogP contribution in [0, 0.1) is 6.92 Å². The summed E-state index contributed by atoms with van der Waals surface area (Å²) in [5.41, 5.74) is 0.947. The Morgan fingerprint density at radius 3 is 2.59 bits per heavy atom. The average Bonchev–Trinajstić information content (AvgIpc) is 2.23. The molecule has 0 bridgehead atoms. The van der Waals surface area contributed by atoms with Gasteiger partial charge in [0.05, 0.1) is 6.61 Å². The third-order valence-corrected chi connectivity index (χ3v) is 3.36. The van der Waals surface area contributed by atoms with Gasteiger partial charge in [-0.15, -0.1) is 0 Å². The smallest absolute Gasteiger partial charge is 0.241 e. The third-order valence-electron chi connectivity index (χ3n) is 2.41. The molecule has 0 heterocycles. The molecule has 5 heteroatoms. The van der Waals surface area contributed by atoms with E-state index >= 15 is 0 Å². The van der Waals surface area contributed by atoms with Crippen LogP contribution >= 0.6 is 0 Å². The first-order chi connectivity index (χ1) is 7.95. The van der Waals surface area contributed by atoms with Gasteiger partial charge >= 0.3 is 0 Å². The van der Waals surface area contributed by atoms with Gasteiger partial charge in [0.25, 0.3) is 0 Å². The molecular weight excluding hydrogens is 238 g/mol. The number of nitrogens with two attached hydrogens (primary N) is 1. The molecule has 0 fully saturated rings. The Labute approximate surface area is 103 Å². The van der Waals surface area contributed by atoms with Gasteiger partial charge in [-0.3, -0.25) is 0 Å². The lowest BCUT2D eigenvalue weighted by molar-refractivity contribution is 0.298. The molecule has 1 aromatic rings. The predicted octanol–water partition coefficient (Wildman–Crippen LogP) is 2.21. The summed E-state index contributed by atoms with van der Waals surface area (Å²) < 4.78 is 28.2. The van der Waals surface area contributed by atoms with Gasteiger partial charge in [0, 0.05) is 0 Å². The molecule has 0 unspecified atom stereocenters. The van der Waals surface area contributed by atoms with Crippen molar-refractivity contribution in [1.82, 2.24) is 0 Å². The van der Waals surface area contributed by atoms with Crippen molar-refractivity contribution in [1.29, 1.82) is 0 Å². The minimum Gasteiger partial charge on any atom is -0.492 e. The maximum atomic E-state index is 11.4. The van der Waals surface area contributed by atoms with Crippen molar-refractivity contribution < 1.29 is 13.2 Å². The molecule has 0 saturated heterocycles. The highest BCUT2D eigenvalue weighted by Gasteiger charge is 2.14. The molecule has 0 aromatic heterocycles. The lowest BCUT2D eigenvalue weighted by Crippen LogP contribution is -2.14. The summed E-state index contributed by atoms with van der Waals surface area (Å²) in [5, 5.41) is 5.13. The summed E-state index contributed by atoms with van der Waals surface area (Å²) in [4.78, 5) is 0.0552.